The molecule has 0 aliphatic carbocycles. The first-order valence-electron chi connectivity index (χ1n) is 10.6. The molecule has 3 aromatic rings. The molecule has 0 bridgehead atoms. The quantitative estimate of drug-likeness (QED) is 0.298. The molecule has 0 radical (unpaired) electrons. The van der Waals surface area contributed by atoms with Gasteiger partial charge in [0.2, 0.25) is 0 Å². The number of nitrogens with zero attached hydrogens (tertiary/aromatic N) is 1. The summed E-state index contributed by atoms with van der Waals surface area (Å²) in [6, 6.07) is 13.0. The van der Waals surface area contributed by atoms with E-state index in [0.29, 0.717) is 11.2 Å². The van der Waals surface area contributed by atoms with Crippen LogP contribution in [0.4, 0.5) is 11.4 Å². The van der Waals surface area contributed by atoms with E-state index in [1.54, 1.807) is 0 Å². The van der Waals surface area contributed by atoms with Crippen LogP contribution in [0.15, 0.2) is 57.6 Å². The molecular weight excluding hydrogens is 536 g/mol. The van der Waals surface area contributed by atoms with Crippen LogP contribution in [0.1, 0.15) is 31.2 Å². The first-order valence-corrected chi connectivity index (χ1v) is 12.6. The largest absolute Gasteiger partial charge is 0.361 e. The van der Waals surface area contributed by atoms with Gasteiger partial charge in [0.05, 0.1) is 10.2 Å². The average Bonchev–Trinajstić information content (AvgIpc) is 3.20. The van der Waals surface area contributed by atoms with E-state index in [-0.39, 0.29) is 0 Å². The normalized spacial score (nSPS) is 19.0. The summed E-state index contributed by atoms with van der Waals surface area (Å²) in [5.74, 6) is 0. The number of halogens is 2. The first-order chi connectivity index (χ1) is 15.1. The van der Waals surface area contributed by atoms with E-state index in [0.717, 1.165) is 38.8 Å². The van der Waals surface area contributed by atoms with Crippen molar-refractivity contribution in [2.75, 3.05) is 23.7 Å². The van der Waals surface area contributed by atoms with Crippen LogP contribution in [0, 0.1) is 0 Å². The van der Waals surface area contributed by atoms with Crippen molar-refractivity contribution in [1.29, 1.82) is 0 Å². The lowest BCUT2D eigenvalue weighted by atomic mass is 9.89. The van der Waals surface area contributed by atoms with Gasteiger partial charge in [0.15, 0.2) is 5.11 Å². The highest BCUT2D eigenvalue weighted by atomic mass is 79.9. The SMILES string of the molecule is S=C(Nc1ccc2[nH]cc(C3=CCN4CCCCC4C3)c2c1)Nc1cccc(Br)c1Br. The van der Waals surface area contributed by atoms with Gasteiger partial charge >= 0.3 is 0 Å². The molecule has 3 heterocycles. The zero-order valence-electron chi connectivity index (χ0n) is 17.1. The zero-order chi connectivity index (χ0) is 21.4. The molecular formula is C24H24Br2N4S. The van der Waals surface area contributed by atoms with E-state index in [2.05, 4.69) is 82.8 Å². The van der Waals surface area contributed by atoms with Crippen LogP contribution >= 0.6 is 44.1 Å². The van der Waals surface area contributed by atoms with E-state index in [9.17, 15) is 0 Å². The smallest absolute Gasteiger partial charge is 0.175 e. The number of aromatic amines is 1. The Morgan fingerprint density at radius 1 is 1.13 bits per heavy atom. The van der Waals surface area contributed by atoms with Crippen molar-refractivity contribution < 1.29 is 0 Å². The second-order valence-electron chi connectivity index (χ2n) is 8.22. The molecule has 1 atom stereocenters. The lowest BCUT2D eigenvalue weighted by molar-refractivity contribution is 0.161. The van der Waals surface area contributed by atoms with Crippen LogP contribution < -0.4 is 10.6 Å². The molecule has 1 fully saturated rings. The maximum Gasteiger partial charge on any atom is 0.175 e. The Labute approximate surface area is 204 Å². The fraction of sp³-hybridized carbons (Fsp3) is 0.292. The molecule has 0 spiro atoms. The number of rotatable bonds is 3. The Morgan fingerprint density at radius 3 is 2.94 bits per heavy atom. The Morgan fingerprint density at radius 2 is 2.03 bits per heavy atom. The third-order valence-corrected chi connectivity index (χ3v) is 8.51. The van der Waals surface area contributed by atoms with Crippen molar-refractivity contribution in [3.63, 3.8) is 0 Å². The highest BCUT2D eigenvalue weighted by molar-refractivity contribution is 9.13. The molecule has 3 N–H and O–H groups in total. The molecule has 1 aromatic heterocycles. The second-order valence-corrected chi connectivity index (χ2v) is 10.3. The molecule has 5 rings (SSSR count). The number of hydrogen-bond donors (Lipinski definition) is 3. The Kier molecular flexibility index (Phi) is 6.19. The number of H-pyrrole nitrogens is 1. The summed E-state index contributed by atoms with van der Waals surface area (Å²) in [7, 11) is 0. The number of hydrogen-bond acceptors (Lipinski definition) is 2. The first kappa shape index (κ1) is 21.2. The number of aromatic nitrogens is 1. The molecule has 0 saturated carbocycles. The maximum absolute atomic E-state index is 5.56. The van der Waals surface area contributed by atoms with E-state index >= 15 is 0 Å². The van der Waals surface area contributed by atoms with Crippen LogP contribution in [-0.4, -0.2) is 34.1 Å². The van der Waals surface area contributed by atoms with Gasteiger partial charge in [-0.2, -0.15) is 0 Å². The fourth-order valence-electron chi connectivity index (χ4n) is 4.67. The summed E-state index contributed by atoms with van der Waals surface area (Å²) in [6.45, 7) is 2.31. The summed E-state index contributed by atoms with van der Waals surface area (Å²) in [5, 5.41) is 8.41. The molecule has 1 saturated heterocycles. The minimum Gasteiger partial charge on any atom is -0.361 e. The molecule has 4 nitrogen and oxygen atoms in total. The van der Waals surface area contributed by atoms with Gasteiger partial charge in [0.1, 0.15) is 0 Å². The van der Waals surface area contributed by atoms with Crippen LogP contribution in [0.2, 0.25) is 0 Å². The number of thiocarbonyl (C=S) groups is 1. The average molecular weight is 560 g/mol. The van der Waals surface area contributed by atoms with Gasteiger partial charge in [0.25, 0.3) is 0 Å². The number of piperidine rings is 1. The van der Waals surface area contributed by atoms with E-state index in [1.165, 1.54) is 42.3 Å². The topological polar surface area (TPSA) is 43.1 Å². The predicted octanol–water partition coefficient (Wildman–Crippen LogP) is 7.14. The molecule has 1 unspecified atom stereocenters. The molecule has 160 valence electrons. The molecule has 31 heavy (non-hydrogen) atoms. The molecule has 0 amide bonds. The summed E-state index contributed by atoms with van der Waals surface area (Å²) >= 11 is 12.7. The highest BCUT2D eigenvalue weighted by Gasteiger charge is 2.27. The third kappa shape index (κ3) is 4.46. The van der Waals surface area contributed by atoms with E-state index in [4.69, 9.17) is 12.2 Å². The second kappa shape index (κ2) is 9.06. The number of benzene rings is 2. The number of fused-ring (bicyclic) bond motifs is 2. The Balaban J connectivity index is 1.36. The number of anilines is 2. The minimum absolute atomic E-state index is 0.560. The summed E-state index contributed by atoms with van der Waals surface area (Å²) in [6.07, 6.45) is 9.73. The third-order valence-electron chi connectivity index (χ3n) is 6.26. The Hall–Kier alpha value is -1.67. The molecule has 2 aliphatic rings. The highest BCUT2D eigenvalue weighted by Crippen LogP contribution is 2.35. The van der Waals surface area contributed by atoms with Gasteiger partial charge in [-0.15, -0.1) is 0 Å². The maximum atomic E-state index is 5.56. The fourth-order valence-corrected chi connectivity index (χ4v) is 5.62. The van der Waals surface area contributed by atoms with Crippen molar-refractivity contribution in [2.24, 2.45) is 0 Å². The summed E-state index contributed by atoms with van der Waals surface area (Å²) < 4.78 is 1.93. The van der Waals surface area contributed by atoms with E-state index < -0.39 is 0 Å². The molecule has 2 aromatic carbocycles. The van der Waals surface area contributed by atoms with Crippen LogP contribution in [0.5, 0.6) is 0 Å². The van der Waals surface area contributed by atoms with Crippen molar-refractivity contribution in [3.8, 4) is 0 Å². The van der Waals surface area contributed by atoms with Crippen molar-refractivity contribution >= 4 is 77.0 Å². The van der Waals surface area contributed by atoms with Gasteiger partial charge in [-0.3, -0.25) is 4.90 Å². The van der Waals surface area contributed by atoms with Crippen molar-refractivity contribution in [1.82, 2.24) is 9.88 Å². The van der Waals surface area contributed by atoms with Gasteiger partial charge in [0, 0.05) is 45.4 Å². The van der Waals surface area contributed by atoms with Gasteiger partial charge in [-0.05, 0) is 106 Å². The van der Waals surface area contributed by atoms with Crippen LogP contribution in [0.25, 0.3) is 16.5 Å². The van der Waals surface area contributed by atoms with Gasteiger partial charge in [-0.1, -0.05) is 18.6 Å². The number of nitrogens with one attached hydrogen (secondary N) is 3. The monoisotopic (exact) mass is 558 g/mol. The van der Waals surface area contributed by atoms with Crippen LogP contribution in [0.3, 0.4) is 0 Å². The standard InChI is InChI=1S/C24H24Br2N4S/c25-20-5-3-6-22(23(20)26)29-24(31)28-16-7-8-21-18(13-16)19(14-27-21)15-9-11-30-10-2-1-4-17(30)12-15/h3,5-9,13-14,17,27H,1-2,4,10-12H2,(H2,28,29,31). The molecule has 2 aliphatic heterocycles. The van der Waals surface area contributed by atoms with Crippen molar-refractivity contribution in [3.05, 3.63) is 63.2 Å². The lowest BCUT2D eigenvalue weighted by Crippen LogP contribution is -2.41. The summed E-state index contributed by atoms with van der Waals surface area (Å²) in [4.78, 5) is 6.09. The minimum atomic E-state index is 0.560. The van der Waals surface area contributed by atoms with Gasteiger partial charge in [-0.25, -0.2) is 0 Å². The zero-order valence-corrected chi connectivity index (χ0v) is 21.0. The van der Waals surface area contributed by atoms with Crippen molar-refractivity contribution in [2.45, 2.75) is 31.7 Å². The predicted molar refractivity (Wildman–Crippen MR) is 142 cm³/mol. The van der Waals surface area contributed by atoms with Crippen LogP contribution in [-0.2, 0) is 0 Å². The van der Waals surface area contributed by atoms with E-state index in [1.807, 2.05) is 18.2 Å². The van der Waals surface area contributed by atoms with Gasteiger partial charge < -0.3 is 15.6 Å². The molecule has 7 heteroatoms. The lowest BCUT2D eigenvalue weighted by Gasteiger charge is -2.38. The summed E-state index contributed by atoms with van der Waals surface area (Å²) in [5.41, 5.74) is 5.83. The Bertz CT molecular complexity index is 1170.